The van der Waals surface area contributed by atoms with Gasteiger partial charge in [0.15, 0.2) is 0 Å². The quantitative estimate of drug-likeness (QED) is 0.160. The highest BCUT2D eigenvalue weighted by atomic mass is 15.2. The first kappa shape index (κ1) is 37.3. The number of para-hydroxylation sites is 2. The van der Waals surface area contributed by atoms with Crippen LogP contribution in [0.2, 0.25) is 0 Å². The predicted octanol–water partition coefficient (Wildman–Crippen LogP) is 13.5. The number of hydrogen-bond donors (Lipinski definition) is 0. The number of anilines is 3. The van der Waals surface area contributed by atoms with Crippen LogP contribution in [0.4, 0.5) is 17.1 Å². The van der Waals surface area contributed by atoms with Crippen molar-refractivity contribution in [1.29, 1.82) is 0 Å². The second kappa shape index (κ2) is 15.1. The van der Waals surface area contributed by atoms with E-state index in [1.165, 1.54) is 77.9 Å². The van der Waals surface area contributed by atoms with E-state index >= 15 is 0 Å². The Hall–Kier alpha value is -6.66. The summed E-state index contributed by atoms with van der Waals surface area (Å²) in [6.45, 7) is 6.85. The molecule has 2 aliphatic rings. The van der Waals surface area contributed by atoms with E-state index in [9.17, 15) is 0 Å². The number of aromatic nitrogens is 2. The van der Waals surface area contributed by atoms with E-state index in [2.05, 4.69) is 228 Å². The van der Waals surface area contributed by atoms with Crippen molar-refractivity contribution in [3.8, 4) is 33.6 Å². The van der Waals surface area contributed by atoms with Crippen LogP contribution in [0.5, 0.6) is 0 Å². The summed E-state index contributed by atoms with van der Waals surface area (Å²) in [5.74, 6) is 0. The smallest absolute Gasteiger partial charge is 0.0535 e. The molecule has 300 valence electrons. The van der Waals surface area contributed by atoms with Gasteiger partial charge < -0.3 is 14.0 Å². The van der Waals surface area contributed by atoms with Crippen LogP contribution >= 0.6 is 0 Å². The van der Waals surface area contributed by atoms with Gasteiger partial charge in [-0.3, -0.25) is 9.80 Å². The Labute approximate surface area is 359 Å². The first-order valence-corrected chi connectivity index (χ1v) is 21.8. The zero-order valence-electron chi connectivity index (χ0n) is 35.5. The van der Waals surface area contributed by atoms with Gasteiger partial charge in [0.2, 0.25) is 0 Å². The molecule has 0 aliphatic carbocycles. The fourth-order valence-corrected chi connectivity index (χ4v) is 10.3. The molecule has 0 N–H and O–H groups in total. The van der Waals surface area contributed by atoms with E-state index in [0.29, 0.717) is 0 Å². The Morgan fingerprint density at radius 3 is 1.21 bits per heavy atom. The molecule has 0 radical (unpaired) electrons. The van der Waals surface area contributed by atoms with Crippen LogP contribution in [-0.2, 0) is 12.8 Å². The lowest BCUT2D eigenvalue weighted by Crippen LogP contribution is -2.31. The summed E-state index contributed by atoms with van der Waals surface area (Å²) in [5, 5.41) is 2.71. The van der Waals surface area contributed by atoms with Gasteiger partial charge in [-0.05, 0) is 129 Å². The highest BCUT2D eigenvalue weighted by Gasteiger charge is 2.32. The zero-order chi connectivity index (χ0) is 41.2. The van der Waals surface area contributed by atoms with Crippen molar-refractivity contribution in [2.75, 3.05) is 32.1 Å². The second-order valence-electron chi connectivity index (χ2n) is 17.1. The molecule has 4 heterocycles. The SMILES string of the molecule is CC1c2c(c3ccccc3n2-c2cc(N(c3ccc(-c4ccccc4)cc3)c3ccc(-c4ccccc4)cc3)cc(-n3c4c(c5ccccc53)CCN(C)C4C)c2)CCN1C. The minimum atomic E-state index is 0.254. The summed E-state index contributed by atoms with van der Waals surface area (Å²) in [7, 11) is 4.54. The molecule has 0 bridgehead atoms. The van der Waals surface area contributed by atoms with Crippen molar-refractivity contribution in [3.63, 3.8) is 0 Å². The first-order chi connectivity index (χ1) is 29.9. The maximum Gasteiger partial charge on any atom is 0.0535 e. The fraction of sp³-hybridized carbons (Fsp3) is 0.179. The van der Waals surface area contributed by atoms with Gasteiger partial charge >= 0.3 is 0 Å². The summed E-state index contributed by atoms with van der Waals surface area (Å²) < 4.78 is 5.17. The average molecular weight is 794 g/mol. The fourth-order valence-electron chi connectivity index (χ4n) is 10.3. The number of hydrogen-bond acceptors (Lipinski definition) is 3. The van der Waals surface area contributed by atoms with E-state index in [4.69, 9.17) is 0 Å². The minimum absolute atomic E-state index is 0.254. The molecular formula is C56H51N5. The van der Waals surface area contributed by atoms with Crippen LogP contribution in [0.3, 0.4) is 0 Å². The normalized spacial score (nSPS) is 16.8. The van der Waals surface area contributed by atoms with Crippen molar-refractivity contribution in [2.45, 2.75) is 38.8 Å². The largest absolute Gasteiger partial charge is 0.312 e. The van der Waals surface area contributed by atoms with E-state index in [1.807, 2.05) is 0 Å². The van der Waals surface area contributed by atoms with Gasteiger partial charge in [0.25, 0.3) is 0 Å². The Morgan fingerprint density at radius 1 is 0.410 bits per heavy atom. The lowest BCUT2D eigenvalue weighted by Gasteiger charge is -2.33. The van der Waals surface area contributed by atoms with Crippen LogP contribution in [0, 0.1) is 0 Å². The van der Waals surface area contributed by atoms with E-state index in [1.54, 1.807) is 0 Å². The van der Waals surface area contributed by atoms with Gasteiger partial charge in [0, 0.05) is 58.7 Å². The summed E-state index contributed by atoms with van der Waals surface area (Å²) in [4.78, 5) is 7.47. The van der Waals surface area contributed by atoms with Crippen LogP contribution < -0.4 is 4.90 Å². The van der Waals surface area contributed by atoms with Crippen LogP contribution in [-0.4, -0.2) is 46.1 Å². The highest BCUT2D eigenvalue weighted by Crippen LogP contribution is 2.45. The maximum atomic E-state index is 2.58. The van der Waals surface area contributed by atoms with Crippen LogP contribution in [0.1, 0.15) is 48.4 Å². The van der Waals surface area contributed by atoms with Gasteiger partial charge in [0.1, 0.15) is 0 Å². The van der Waals surface area contributed by atoms with Crippen molar-refractivity contribution in [1.82, 2.24) is 18.9 Å². The zero-order valence-corrected chi connectivity index (χ0v) is 35.5. The second-order valence-corrected chi connectivity index (χ2v) is 17.1. The molecule has 7 aromatic carbocycles. The highest BCUT2D eigenvalue weighted by molar-refractivity contribution is 5.91. The topological polar surface area (TPSA) is 19.6 Å². The Morgan fingerprint density at radius 2 is 0.787 bits per heavy atom. The molecule has 0 fully saturated rings. The standard InChI is InChI=1S/C56H51N5/c1-38-55-51(31-33-57(38)3)49-19-11-13-21-53(49)60(55)47-35-46(36-48(37-47)61-54-22-14-12-20-50(54)52-32-34-58(4)39(2)56(52)61)59(44-27-23-42(24-28-44)40-15-7-5-8-16-40)45-29-25-43(26-30-45)41-17-9-6-10-18-41/h5-30,35-39H,31-34H2,1-4H3. The summed E-state index contributed by atoms with van der Waals surface area (Å²) in [6, 6.07) is 65.5. The predicted molar refractivity (Wildman–Crippen MR) is 255 cm³/mol. The molecule has 9 aromatic rings. The molecule has 61 heavy (non-hydrogen) atoms. The third-order valence-electron chi connectivity index (χ3n) is 13.7. The van der Waals surface area contributed by atoms with Gasteiger partial charge in [-0.25, -0.2) is 0 Å². The number of nitrogens with zero attached hydrogens (tertiary/aromatic N) is 5. The number of rotatable bonds is 7. The maximum absolute atomic E-state index is 2.58. The molecule has 2 aromatic heterocycles. The van der Waals surface area contributed by atoms with Crippen molar-refractivity contribution in [3.05, 3.63) is 198 Å². The Bertz CT molecular complexity index is 2830. The monoisotopic (exact) mass is 793 g/mol. The molecule has 0 saturated carbocycles. The minimum Gasteiger partial charge on any atom is -0.312 e. The lowest BCUT2D eigenvalue weighted by molar-refractivity contribution is 0.241. The third kappa shape index (κ3) is 6.30. The molecule has 2 unspecified atom stereocenters. The molecule has 0 saturated heterocycles. The molecule has 0 spiro atoms. The molecule has 5 heteroatoms. The molecule has 5 nitrogen and oxygen atoms in total. The Kier molecular flexibility index (Phi) is 9.25. The van der Waals surface area contributed by atoms with Crippen molar-refractivity contribution < 1.29 is 0 Å². The van der Waals surface area contributed by atoms with E-state index in [0.717, 1.165) is 43.0 Å². The summed E-state index contributed by atoms with van der Waals surface area (Å²) in [6.07, 6.45) is 2.06. The average Bonchev–Trinajstić information content (AvgIpc) is 3.84. The molecule has 11 rings (SSSR count). The molecule has 2 atom stereocenters. The number of likely N-dealkylation sites (N-methyl/N-ethyl adjacent to an activating group) is 2. The van der Waals surface area contributed by atoms with Gasteiger partial charge in [-0.15, -0.1) is 0 Å². The lowest BCUT2D eigenvalue weighted by atomic mass is 9.98. The van der Waals surface area contributed by atoms with Crippen molar-refractivity contribution in [2.24, 2.45) is 0 Å². The van der Waals surface area contributed by atoms with Crippen molar-refractivity contribution >= 4 is 38.9 Å². The molecule has 0 amide bonds. The number of fused-ring (bicyclic) bond motifs is 6. The van der Waals surface area contributed by atoms with Gasteiger partial charge in [0.05, 0.1) is 28.1 Å². The first-order valence-electron chi connectivity index (χ1n) is 21.8. The van der Waals surface area contributed by atoms with E-state index < -0.39 is 0 Å². The number of benzene rings is 7. The van der Waals surface area contributed by atoms with Crippen LogP contribution in [0.15, 0.2) is 176 Å². The molecule has 2 aliphatic heterocycles. The van der Waals surface area contributed by atoms with E-state index in [-0.39, 0.29) is 12.1 Å². The Balaban J connectivity index is 1.20. The third-order valence-corrected chi connectivity index (χ3v) is 13.7. The van der Waals surface area contributed by atoms with Gasteiger partial charge in [-0.2, -0.15) is 0 Å². The van der Waals surface area contributed by atoms with Crippen LogP contribution in [0.25, 0.3) is 55.4 Å². The summed E-state index contributed by atoms with van der Waals surface area (Å²) >= 11 is 0. The molecular weight excluding hydrogens is 743 g/mol. The van der Waals surface area contributed by atoms with Gasteiger partial charge in [-0.1, -0.05) is 121 Å². The summed E-state index contributed by atoms with van der Waals surface area (Å²) in [5.41, 5.74) is 18.7.